The Kier molecular flexibility index (Phi) is 19.4. The largest absolute Gasteiger partial charge is 0.459 e. The number of halogens is 2. The summed E-state index contributed by atoms with van der Waals surface area (Å²) in [6.45, 7) is 24.1. The molecule has 3 fully saturated rings. The molecule has 4 rings (SSSR count). The summed E-state index contributed by atoms with van der Waals surface area (Å²) in [5.74, 6) is -4.58. The number of hydrogen-bond donors (Lipinski definition) is 5. The van der Waals surface area contributed by atoms with E-state index in [1.165, 1.54) is 20.1 Å². The Morgan fingerprint density at radius 2 is 1.62 bits per heavy atom. The molecule has 0 saturated carbocycles. The van der Waals surface area contributed by atoms with Gasteiger partial charge in [0.2, 0.25) is 0 Å². The quantitative estimate of drug-likeness (QED) is 0.160. The van der Waals surface area contributed by atoms with Crippen molar-refractivity contribution in [2.45, 2.75) is 206 Å². The van der Waals surface area contributed by atoms with Crippen molar-refractivity contribution in [1.29, 1.82) is 0 Å². The fraction of sp³-hybridized carbons (Fsp3) is 0.857. The van der Waals surface area contributed by atoms with Crippen LogP contribution in [0.4, 0.5) is 8.78 Å². The minimum Gasteiger partial charge on any atom is -0.459 e. The molecule has 0 radical (unpaired) electrons. The van der Waals surface area contributed by atoms with Crippen LogP contribution in [0.3, 0.4) is 0 Å². The van der Waals surface area contributed by atoms with E-state index < -0.39 is 107 Å². The van der Waals surface area contributed by atoms with Gasteiger partial charge in [-0.2, -0.15) is 0 Å². The first-order valence-electron chi connectivity index (χ1n) is 23.9. The second-order valence-electron chi connectivity index (χ2n) is 21.0. The summed E-state index contributed by atoms with van der Waals surface area (Å²) in [6.07, 6.45) is -5.85. The highest BCUT2D eigenvalue weighted by Crippen LogP contribution is 2.45. The second kappa shape index (κ2) is 22.7. The van der Waals surface area contributed by atoms with E-state index in [0.717, 1.165) is 25.1 Å². The third kappa shape index (κ3) is 12.6. The van der Waals surface area contributed by atoms with Crippen LogP contribution < -0.4 is 5.32 Å². The molecule has 376 valence electrons. The topological polar surface area (TPSA) is 172 Å². The molecule has 0 bridgehead atoms. The number of carbonyl (C=O) groups excluding carboxylic acids is 1. The van der Waals surface area contributed by atoms with Gasteiger partial charge in [0.05, 0.1) is 36.4 Å². The van der Waals surface area contributed by atoms with Crippen molar-refractivity contribution < 1.29 is 62.4 Å². The van der Waals surface area contributed by atoms with Gasteiger partial charge in [-0.1, -0.05) is 47.6 Å². The van der Waals surface area contributed by atoms with E-state index in [4.69, 9.17) is 28.4 Å². The van der Waals surface area contributed by atoms with Crippen LogP contribution in [0.25, 0.3) is 0 Å². The molecule has 5 N–H and O–H groups in total. The molecule has 3 aliphatic rings. The summed E-state index contributed by atoms with van der Waals surface area (Å²) >= 11 is 0. The number of nitrogens with one attached hydrogen (secondary N) is 1. The van der Waals surface area contributed by atoms with Crippen LogP contribution in [0, 0.1) is 34.8 Å². The van der Waals surface area contributed by atoms with Crippen molar-refractivity contribution in [2.75, 3.05) is 40.8 Å². The highest BCUT2D eigenvalue weighted by Gasteiger charge is 2.58. The normalized spacial score (nSPS) is 41.7. The average Bonchev–Trinajstić information content (AvgIpc) is 3.23. The van der Waals surface area contributed by atoms with E-state index in [-0.39, 0.29) is 44.1 Å². The lowest BCUT2D eigenvalue weighted by Crippen LogP contribution is -2.70. The Hall–Kier alpha value is -1.93. The average molecular weight is 930 g/mol. The lowest BCUT2D eigenvalue weighted by Gasteiger charge is -2.54. The summed E-state index contributed by atoms with van der Waals surface area (Å²) < 4.78 is 66.9. The number of aliphatic hydroxyl groups is 4. The van der Waals surface area contributed by atoms with Crippen LogP contribution >= 0.6 is 0 Å². The monoisotopic (exact) mass is 930 g/mol. The zero-order valence-corrected chi connectivity index (χ0v) is 42.0. The molecular formula is C49H85F2N3O11. The number of methoxy groups -OCH3 is 1. The number of hydrogen-bond acceptors (Lipinski definition) is 14. The number of cyclic esters (lactones) is 1. The second-order valence-corrected chi connectivity index (χ2v) is 21.0. The first-order chi connectivity index (χ1) is 30.2. The molecule has 3 heterocycles. The van der Waals surface area contributed by atoms with Crippen molar-refractivity contribution in [3.63, 3.8) is 0 Å². The third-order valence-corrected chi connectivity index (χ3v) is 15.1. The van der Waals surface area contributed by atoms with Gasteiger partial charge in [-0.3, -0.25) is 4.79 Å². The summed E-state index contributed by atoms with van der Waals surface area (Å²) in [6, 6.07) is 3.34. The van der Waals surface area contributed by atoms with E-state index in [1.807, 2.05) is 39.8 Å². The Balaban J connectivity index is 1.80. The number of ether oxygens (including phenoxy) is 6. The minimum atomic E-state index is -1.79. The van der Waals surface area contributed by atoms with Gasteiger partial charge >= 0.3 is 5.97 Å². The predicted octanol–water partition coefficient (Wildman–Crippen LogP) is 5.39. The fourth-order valence-electron chi connectivity index (χ4n) is 10.9. The molecule has 0 aliphatic carbocycles. The molecule has 3 aliphatic heterocycles. The number of aliphatic hydroxyl groups excluding tert-OH is 2. The number of carbonyl (C=O) groups is 1. The maximum atomic E-state index is 14.6. The van der Waals surface area contributed by atoms with Crippen LogP contribution in [0.5, 0.6) is 0 Å². The van der Waals surface area contributed by atoms with Crippen molar-refractivity contribution in [3.05, 3.63) is 35.4 Å². The molecule has 17 atom stereocenters. The third-order valence-electron chi connectivity index (χ3n) is 15.1. The molecule has 16 heteroatoms. The van der Waals surface area contributed by atoms with Gasteiger partial charge < -0.3 is 64.0 Å². The minimum absolute atomic E-state index is 0.0168. The van der Waals surface area contributed by atoms with Gasteiger partial charge in [-0.05, 0) is 117 Å². The van der Waals surface area contributed by atoms with Crippen LogP contribution in [0.15, 0.2) is 18.2 Å². The standard InChI is InChI=1S/C49H85F2N3O11/c1-16-20-54-26-28(3)42(56)48(12,58)38(17-2)63-44(57)32(7)41(31(6)43(46(9,10)23-29(54)4)65-45-40(55)37(53(13)14)21-30(5)61-45)64-39-24-47(11,60-15)49(59,33(8)62-39)27-52-25-34-18-19-35(50)36(51)22-34/h18-19,22,28-33,37-43,45,52,55-56,58-59H,16-17,20-21,23-27H2,1-15H3/t28-,29+,30+,31-,32+,33-,37-,38+,39+,40+,41+,42+,43+,45-,47-,48+,49+/m0/s1. The van der Waals surface area contributed by atoms with Gasteiger partial charge in [0.1, 0.15) is 29.0 Å². The fourth-order valence-corrected chi connectivity index (χ4v) is 10.9. The SMILES string of the molecule is CCCN1C[C@H](C)[C@@H](O)[C@](C)(O)[C@@H](CC)OC(=O)[C@H](C)[C@H](O[C@@H]2C[C@](C)(OC)[C@@](O)(CNCc3ccc(F)c(F)c3)[C@H](C)O2)[C@H](C)[C@@H](O[C@@H]2O[C@H](C)C[C@H](N(C)C)[C@H]2O)C(C)(C)C[C@H]1C. The van der Waals surface area contributed by atoms with Crippen LogP contribution in [-0.4, -0.2) is 161 Å². The molecule has 0 spiro atoms. The number of likely N-dealkylation sites (N-methyl/N-ethyl adjacent to an activating group) is 1. The van der Waals surface area contributed by atoms with Crippen LogP contribution in [0.1, 0.15) is 121 Å². The molecule has 65 heavy (non-hydrogen) atoms. The number of esters is 1. The van der Waals surface area contributed by atoms with E-state index >= 15 is 0 Å². The van der Waals surface area contributed by atoms with E-state index in [1.54, 1.807) is 27.7 Å². The first kappa shape index (κ1) is 55.7. The van der Waals surface area contributed by atoms with Gasteiger partial charge in [0.15, 0.2) is 24.2 Å². The van der Waals surface area contributed by atoms with Gasteiger partial charge in [0, 0.05) is 51.2 Å². The molecule has 0 aromatic heterocycles. The van der Waals surface area contributed by atoms with Gasteiger partial charge in [0.25, 0.3) is 0 Å². The Bertz CT molecular complexity index is 1680. The molecule has 0 amide bonds. The number of nitrogens with zero attached hydrogens (tertiary/aromatic N) is 2. The van der Waals surface area contributed by atoms with Gasteiger partial charge in [-0.15, -0.1) is 0 Å². The maximum absolute atomic E-state index is 14.6. The van der Waals surface area contributed by atoms with Crippen LogP contribution in [-0.2, 0) is 39.8 Å². The number of benzene rings is 1. The summed E-state index contributed by atoms with van der Waals surface area (Å²) in [7, 11) is 5.33. The van der Waals surface area contributed by atoms with E-state index in [2.05, 4.69) is 37.9 Å². The van der Waals surface area contributed by atoms with Gasteiger partial charge in [-0.25, -0.2) is 8.78 Å². The highest BCUT2D eigenvalue weighted by atomic mass is 19.2. The van der Waals surface area contributed by atoms with E-state index in [0.29, 0.717) is 24.9 Å². The Morgan fingerprint density at radius 3 is 2.20 bits per heavy atom. The zero-order chi connectivity index (χ0) is 49.0. The number of rotatable bonds is 13. The molecule has 1 aromatic rings. The molecule has 1 aromatic carbocycles. The maximum Gasteiger partial charge on any atom is 0.311 e. The summed E-state index contributed by atoms with van der Waals surface area (Å²) in [5.41, 5.74) is -4.89. The first-order valence-corrected chi connectivity index (χ1v) is 23.9. The molecule has 3 saturated heterocycles. The smallest absolute Gasteiger partial charge is 0.311 e. The summed E-state index contributed by atoms with van der Waals surface area (Å²) in [5, 5.41) is 51.1. The Labute approximate surface area is 388 Å². The molecule has 0 unspecified atom stereocenters. The van der Waals surface area contributed by atoms with Crippen molar-refractivity contribution in [3.8, 4) is 0 Å². The van der Waals surface area contributed by atoms with Crippen molar-refractivity contribution in [2.24, 2.45) is 23.2 Å². The predicted molar refractivity (Wildman–Crippen MR) is 244 cm³/mol. The molecule has 14 nitrogen and oxygen atoms in total. The lowest BCUT2D eigenvalue weighted by atomic mass is 9.72. The Morgan fingerprint density at radius 1 is 0.954 bits per heavy atom. The van der Waals surface area contributed by atoms with E-state index in [9.17, 15) is 34.0 Å². The summed E-state index contributed by atoms with van der Waals surface area (Å²) in [4.78, 5) is 18.9. The lowest BCUT2D eigenvalue weighted by molar-refractivity contribution is -0.334. The highest BCUT2D eigenvalue weighted by molar-refractivity contribution is 5.73. The van der Waals surface area contributed by atoms with Crippen LogP contribution in [0.2, 0.25) is 0 Å². The van der Waals surface area contributed by atoms with Crippen molar-refractivity contribution in [1.82, 2.24) is 15.1 Å². The molecular weight excluding hydrogens is 845 g/mol. The van der Waals surface area contributed by atoms with Crippen molar-refractivity contribution >= 4 is 5.97 Å². The zero-order valence-electron chi connectivity index (χ0n) is 42.0.